The number of rotatable bonds is 6. The second kappa shape index (κ2) is 12.9. The fourth-order valence-electron chi connectivity index (χ4n) is 7.12. The van der Waals surface area contributed by atoms with Crippen LogP contribution in [0.1, 0.15) is 69.7 Å². The molecule has 0 spiro atoms. The molecule has 0 radical (unpaired) electrons. The lowest BCUT2D eigenvalue weighted by molar-refractivity contribution is -0.138. The van der Waals surface area contributed by atoms with Crippen molar-refractivity contribution in [3.05, 3.63) is 92.3 Å². The number of aryl methyl sites for hydroxylation is 1. The average Bonchev–Trinajstić information content (AvgIpc) is 3.51. The summed E-state index contributed by atoms with van der Waals surface area (Å²) in [5.41, 5.74) is 1.88. The Morgan fingerprint density at radius 2 is 1.84 bits per heavy atom. The van der Waals surface area contributed by atoms with E-state index in [1.54, 1.807) is 31.4 Å². The number of aromatic nitrogens is 6. The van der Waals surface area contributed by atoms with Crippen molar-refractivity contribution in [2.24, 2.45) is 13.0 Å². The standard InChI is InChI=1S/C37H41FN8O4/c1-37(2,3)25-14-23-18-40-46(36(50)32(23)29(38)16-25)33-28(21-47)27(10-11-39-33)24-15-30(35(49)43(4)19-24)41-31-17-26-20-44(12-13-45(26)42-31)34(48)22-8-6-5-7-9-22/h10-11,14-19,22,47H,5-9,12-13,20-21H2,1-4H3,(H,41,42). The lowest BCUT2D eigenvalue weighted by Gasteiger charge is -2.32. The van der Waals surface area contributed by atoms with E-state index in [2.05, 4.69) is 20.5 Å². The zero-order valence-corrected chi connectivity index (χ0v) is 28.7. The van der Waals surface area contributed by atoms with E-state index in [4.69, 9.17) is 0 Å². The van der Waals surface area contributed by atoms with E-state index in [-0.39, 0.29) is 45.3 Å². The molecule has 0 saturated heterocycles. The van der Waals surface area contributed by atoms with Crippen molar-refractivity contribution in [2.45, 2.75) is 78.0 Å². The van der Waals surface area contributed by atoms with Gasteiger partial charge in [0.25, 0.3) is 11.1 Å². The molecule has 4 aromatic heterocycles. The molecule has 2 N–H and O–H groups in total. The molecule has 1 fully saturated rings. The molecule has 12 nitrogen and oxygen atoms in total. The summed E-state index contributed by atoms with van der Waals surface area (Å²) in [6.07, 6.45) is 9.82. The molecule has 50 heavy (non-hydrogen) atoms. The smallest absolute Gasteiger partial charge is 0.283 e. The summed E-state index contributed by atoms with van der Waals surface area (Å²) >= 11 is 0. The average molecular weight is 681 g/mol. The number of carbonyl (C=O) groups is 1. The zero-order valence-electron chi connectivity index (χ0n) is 28.7. The Hall–Kier alpha value is -5.17. The number of halogens is 1. The molecule has 5 heterocycles. The fraction of sp³-hybridized carbons (Fsp3) is 0.405. The third kappa shape index (κ3) is 6.10. The molecule has 1 aromatic carbocycles. The largest absolute Gasteiger partial charge is 0.392 e. The Morgan fingerprint density at radius 1 is 1.06 bits per heavy atom. The van der Waals surface area contributed by atoms with Crippen molar-refractivity contribution >= 4 is 28.2 Å². The van der Waals surface area contributed by atoms with Crippen LogP contribution in [0.2, 0.25) is 0 Å². The molecule has 1 aliphatic carbocycles. The molecule has 1 amide bonds. The number of anilines is 2. The first-order chi connectivity index (χ1) is 23.9. The lowest BCUT2D eigenvalue weighted by atomic mass is 9.86. The highest BCUT2D eigenvalue weighted by atomic mass is 19.1. The van der Waals surface area contributed by atoms with Gasteiger partial charge in [-0.2, -0.15) is 14.9 Å². The summed E-state index contributed by atoms with van der Waals surface area (Å²) in [6.45, 7) is 7.00. The van der Waals surface area contributed by atoms with Crippen LogP contribution in [0.15, 0.2) is 58.5 Å². The van der Waals surface area contributed by atoms with Crippen LogP contribution in [0, 0.1) is 11.7 Å². The Bertz CT molecular complexity index is 2240. The van der Waals surface area contributed by atoms with Crippen LogP contribution in [0.4, 0.5) is 15.9 Å². The zero-order chi connectivity index (χ0) is 35.3. The van der Waals surface area contributed by atoms with Crippen molar-refractivity contribution in [1.29, 1.82) is 0 Å². The minimum Gasteiger partial charge on any atom is -0.392 e. The van der Waals surface area contributed by atoms with Gasteiger partial charge in [0.05, 0.1) is 37.0 Å². The van der Waals surface area contributed by atoms with Crippen LogP contribution in [-0.2, 0) is 37.0 Å². The quantitative estimate of drug-likeness (QED) is 0.257. The highest BCUT2D eigenvalue weighted by Gasteiger charge is 2.29. The van der Waals surface area contributed by atoms with E-state index in [9.17, 15) is 19.5 Å². The molecular weight excluding hydrogens is 639 g/mol. The normalized spacial score (nSPS) is 15.4. The predicted molar refractivity (Wildman–Crippen MR) is 188 cm³/mol. The summed E-state index contributed by atoms with van der Waals surface area (Å²) in [7, 11) is 1.62. The van der Waals surface area contributed by atoms with Gasteiger partial charge in [0, 0.05) is 54.5 Å². The highest BCUT2D eigenvalue weighted by molar-refractivity contribution is 5.83. The molecule has 0 unspecified atom stereocenters. The molecule has 0 atom stereocenters. The molecule has 0 bridgehead atoms. The fourth-order valence-corrected chi connectivity index (χ4v) is 7.12. The van der Waals surface area contributed by atoms with Crippen LogP contribution in [0.3, 0.4) is 0 Å². The number of hydrogen-bond acceptors (Lipinski definition) is 8. The van der Waals surface area contributed by atoms with Gasteiger partial charge in [-0.05, 0) is 53.6 Å². The van der Waals surface area contributed by atoms with E-state index in [1.165, 1.54) is 29.4 Å². The van der Waals surface area contributed by atoms with Crippen LogP contribution in [0.25, 0.3) is 27.7 Å². The molecule has 2 aliphatic rings. The van der Waals surface area contributed by atoms with E-state index < -0.39 is 18.0 Å². The number of carbonyl (C=O) groups excluding carboxylic acids is 1. The number of pyridine rings is 2. The Balaban J connectivity index is 1.20. The maximum absolute atomic E-state index is 15.4. The van der Waals surface area contributed by atoms with Crippen molar-refractivity contribution < 1.29 is 14.3 Å². The molecule has 1 aliphatic heterocycles. The molecule has 1 saturated carbocycles. The lowest BCUT2D eigenvalue weighted by Crippen LogP contribution is -2.42. The Morgan fingerprint density at radius 3 is 2.58 bits per heavy atom. The highest BCUT2D eigenvalue weighted by Crippen LogP contribution is 2.31. The summed E-state index contributed by atoms with van der Waals surface area (Å²) < 4.78 is 19.7. The van der Waals surface area contributed by atoms with Crippen molar-refractivity contribution in [3.63, 3.8) is 0 Å². The topological polar surface area (TPSA) is 140 Å². The van der Waals surface area contributed by atoms with Crippen LogP contribution in [0.5, 0.6) is 0 Å². The summed E-state index contributed by atoms with van der Waals surface area (Å²) in [5, 5.41) is 23.0. The maximum Gasteiger partial charge on any atom is 0.283 e. The van der Waals surface area contributed by atoms with Gasteiger partial charge in [0.1, 0.15) is 11.5 Å². The van der Waals surface area contributed by atoms with Crippen molar-refractivity contribution in [3.8, 4) is 16.9 Å². The van der Waals surface area contributed by atoms with Gasteiger partial charge >= 0.3 is 0 Å². The maximum atomic E-state index is 15.4. The van der Waals surface area contributed by atoms with Gasteiger partial charge in [-0.3, -0.25) is 19.1 Å². The first-order valence-corrected chi connectivity index (χ1v) is 17.1. The monoisotopic (exact) mass is 680 g/mol. The second-order valence-electron chi connectivity index (χ2n) is 14.4. The van der Waals surface area contributed by atoms with Gasteiger partial charge < -0.3 is 19.9 Å². The summed E-state index contributed by atoms with van der Waals surface area (Å²) in [4.78, 5) is 46.4. The summed E-state index contributed by atoms with van der Waals surface area (Å²) in [5.74, 6) is 0.174. The van der Waals surface area contributed by atoms with Gasteiger partial charge in [-0.15, -0.1) is 0 Å². The number of benzene rings is 1. The molecular formula is C37H41FN8O4. The number of nitrogens with zero attached hydrogens (tertiary/aromatic N) is 7. The van der Waals surface area contributed by atoms with Gasteiger partial charge in [0.15, 0.2) is 11.6 Å². The van der Waals surface area contributed by atoms with Gasteiger partial charge in [0.2, 0.25) is 5.91 Å². The van der Waals surface area contributed by atoms with Crippen molar-refractivity contribution in [1.82, 2.24) is 34.0 Å². The van der Waals surface area contributed by atoms with E-state index in [1.807, 2.05) is 36.4 Å². The number of aliphatic hydroxyl groups excluding tert-OH is 1. The minimum absolute atomic E-state index is 0.0497. The number of fused-ring (bicyclic) bond motifs is 2. The third-order valence-electron chi connectivity index (χ3n) is 9.92. The third-order valence-corrected chi connectivity index (χ3v) is 9.92. The number of hydrogen-bond donors (Lipinski definition) is 2. The van der Waals surface area contributed by atoms with E-state index in [0.717, 1.165) is 41.6 Å². The molecule has 13 heteroatoms. The van der Waals surface area contributed by atoms with E-state index in [0.29, 0.717) is 42.0 Å². The Kier molecular flexibility index (Phi) is 8.63. The second-order valence-corrected chi connectivity index (χ2v) is 14.4. The molecule has 260 valence electrons. The SMILES string of the molecule is Cn1cc(-c2ccnc(-n3ncc4cc(C(C)(C)C)cc(F)c4c3=O)c2CO)cc(Nc2cc3n(n2)CCN(C(=O)C2CCCCC2)C3)c1=O. The van der Waals surface area contributed by atoms with Crippen LogP contribution in [-0.4, -0.2) is 51.6 Å². The van der Waals surface area contributed by atoms with E-state index >= 15 is 4.39 Å². The first kappa shape index (κ1) is 33.3. The van der Waals surface area contributed by atoms with Crippen LogP contribution < -0.4 is 16.4 Å². The molecule has 7 rings (SSSR count). The van der Waals surface area contributed by atoms with Gasteiger partial charge in [-0.25, -0.2) is 9.37 Å². The first-order valence-electron chi connectivity index (χ1n) is 17.1. The number of amides is 1. The van der Waals surface area contributed by atoms with Crippen LogP contribution >= 0.6 is 0 Å². The minimum atomic E-state index is -0.703. The number of aliphatic hydroxyl groups is 1. The predicted octanol–water partition coefficient (Wildman–Crippen LogP) is 4.94. The summed E-state index contributed by atoms with van der Waals surface area (Å²) in [6, 6.07) is 8.32. The number of nitrogens with one attached hydrogen (secondary N) is 1. The van der Waals surface area contributed by atoms with Crippen molar-refractivity contribution in [2.75, 3.05) is 11.9 Å². The molecule has 5 aromatic rings. The Labute approximate surface area is 288 Å². The van der Waals surface area contributed by atoms with Gasteiger partial charge in [-0.1, -0.05) is 40.0 Å².